The highest BCUT2D eigenvalue weighted by molar-refractivity contribution is 6.01. The van der Waals surface area contributed by atoms with Gasteiger partial charge in [-0.05, 0) is 42.9 Å². The Kier molecular flexibility index (Phi) is 3.82. The van der Waals surface area contributed by atoms with Crippen LogP contribution >= 0.6 is 0 Å². The van der Waals surface area contributed by atoms with Gasteiger partial charge in [0.25, 0.3) is 0 Å². The minimum absolute atomic E-state index is 0.204. The first-order valence-electron chi connectivity index (χ1n) is 7.49. The van der Waals surface area contributed by atoms with E-state index in [0.717, 1.165) is 5.56 Å². The van der Waals surface area contributed by atoms with Gasteiger partial charge < -0.3 is 10.5 Å². The first kappa shape index (κ1) is 13.9. The Balaban J connectivity index is 1.68. The van der Waals surface area contributed by atoms with E-state index < -0.39 is 0 Å². The number of nitrogens with one attached hydrogen (secondary N) is 1. The highest BCUT2D eigenvalue weighted by atomic mass is 16.5. The van der Waals surface area contributed by atoms with Crippen molar-refractivity contribution >= 4 is 17.5 Å². The summed E-state index contributed by atoms with van der Waals surface area (Å²) < 4.78 is 5.75. The molecule has 5 heteroatoms. The number of rotatable bonds is 4. The van der Waals surface area contributed by atoms with E-state index in [-0.39, 0.29) is 17.7 Å². The zero-order chi connectivity index (χ0) is 14.8. The van der Waals surface area contributed by atoms with Crippen molar-refractivity contribution in [2.75, 3.05) is 12.3 Å². The number of amides is 2. The second-order valence-corrected chi connectivity index (χ2v) is 5.91. The highest BCUT2D eigenvalue weighted by Gasteiger charge is 2.28. The summed E-state index contributed by atoms with van der Waals surface area (Å²) >= 11 is 0. The number of hydrogen-bond acceptors (Lipinski definition) is 4. The van der Waals surface area contributed by atoms with Crippen LogP contribution in [0.4, 0.5) is 5.69 Å². The SMILES string of the molecule is Nc1cc(C2CCC(=O)NC2=O)ccc1OCC1CCC1. The fourth-order valence-electron chi connectivity index (χ4n) is 2.79. The number of nitrogens with two attached hydrogens (primary N) is 1. The van der Waals surface area contributed by atoms with E-state index in [0.29, 0.717) is 36.8 Å². The molecule has 1 aromatic carbocycles. The van der Waals surface area contributed by atoms with Crippen LogP contribution in [0.3, 0.4) is 0 Å². The molecule has 2 fully saturated rings. The molecule has 0 aromatic heterocycles. The number of benzene rings is 1. The fraction of sp³-hybridized carbons (Fsp3) is 0.500. The lowest BCUT2D eigenvalue weighted by Crippen LogP contribution is -2.39. The Morgan fingerprint density at radius 1 is 1.24 bits per heavy atom. The van der Waals surface area contributed by atoms with Crippen molar-refractivity contribution in [1.82, 2.24) is 5.32 Å². The van der Waals surface area contributed by atoms with Crippen LogP contribution in [0.15, 0.2) is 18.2 Å². The van der Waals surface area contributed by atoms with Crippen molar-refractivity contribution in [1.29, 1.82) is 0 Å². The molecular formula is C16H20N2O3. The zero-order valence-corrected chi connectivity index (χ0v) is 11.9. The van der Waals surface area contributed by atoms with Crippen molar-refractivity contribution in [3.05, 3.63) is 23.8 Å². The zero-order valence-electron chi connectivity index (χ0n) is 11.9. The maximum atomic E-state index is 11.9. The molecule has 5 nitrogen and oxygen atoms in total. The number of imide groups is 1. The molecule has 112 valence electrons. The van der Waals surface area contributed by atoms with Gasteiger partial charge >= 0.3 is 0 Å². The van der Waals surface area contributed by atoms with Crippen LogP contribution < -0.4 is 15.8 Å². The van der Waals surface area contributed by atoms with Crippen LogP contribution in [-0.4, -0.2) is 18.4 Å². The smallest absolute Gasteiger partial charge is 0.234 e. The molecule has 3 N–H and O–H groups in total. The molecule has 21 heavy (non-hydrogen) atoms. The number of carbonyl (C=O) groups excluding carboxylic acids is 2. The number of anilines is 1. The summed E-state index contributed by atoms with van der Waals surface area (Å²) in [5.74, 6) is 0.585. The average Bonchev–Trinajstić information content (AvgIpc) is 2.39. The Morgan fingerprint density at radius 2 is 2.05 bits per heavy atom. The first-order chi connectivity index (χ1) is 10.1. The van der Waals surface area contributed by atoms with Crippen LogP contribution in [0.25, 0.3) is 0 Å². The normalized spacial score (nSPS) is 22.6. The predicted octanol–water partition coefficient (Wildman–Crippen LogP) is 1.97. The minimum Gasteiger partial charge on any atom is -0.491 e. The third-order valence-corrected chi connectivity index (χ3v) is 4.37. The van der Waals surface area contributed by atoms with Crippen molar-refractivity contribution in [2.45, 2.75) is 38.0 Å². The maximum Gasteiger partial charge on any atom is 0.234 e. The third-order valence-electron chi connectivity index (χ3n) is 4.37. The van der Waals surface area contributed by atoms with Gasteiger partial charge in [0, 0.05) is 6.42 Å². The molecule has 1 saturated heterocycles. The van der Waals surface area contributed by atoms with Gasteiger partial charge in [0.1, 0.15) is 5.75 Å². The summed E-state index contributed by atoms with van der Waals surface area (Å²) in [6.45, 7) is 0.710. The lowest BCUT2D eigenvalue weighted by Gasteiger charge is -2.26. The van der Waals surface area contributed by atoms with E-state index in [1.54, 1.807) is 6.07 Å². The lowest BCUT2D eigenvalue weighted by molar-refractivity contribution is -0.134. The molecule has 2 amide bonds. The molecule has 0 spiro atoms. The van der Waals surface area contributed by atoms with Gasteiger partial charge in [0.15, 0.2) is 0 Å². The molecule has 0 radical (unpaired) electrons. The summed E-state index contributed by atoms with van der Waals surface area (Å²) in [6.07, 6.45) is 4.66. The number of carbonyl (C=O) groups is 2. The Morgan fingerprint density at radius 3 is 2.67 bits per heavy atom. The van der Waals surface area contributed by atoms with Crippen molar-refractivity contribution < 1.29 is 14.3 Å². The molecule has 1 unspecified atom stereocenters. The van der Waals surface area contributed by atoms with E-state index in [1.807, 2.05) is 12.1 Å². The van der Waals surface area contributed by atoms with Crippen molar-refractivity contribution in [2.24, 2.45) is 5.92 Å². The molecule has 1 heterocycles. The first-order valence-corrected chi connectivity index (χ1v) is 7.49. The minimum atomic E-state index is -0.300. The summed E-state index contributed by atoms with van der Waals surface area (Å²) in [7, 11) is 0. The largest absolute Gasteiger partial charge is 0.491 e. The molecule has 0 bridgehead atoms. The Hall–Kier alpha value is -2.04. The number of ether oxygens (including phenoxy) is 1. The van der Waals surface area contributed by atoms with Crippen LogP contribution in [0.5, 0.6) is 5.75 Å². The van der Waals surface area contributed by atoms with Crippen LogP contribution in [0.1, 0.15) is 43.6 Å². The van der Waals surface area contributed by atoms with Gasteiger partial charge in [-0.25, -0.2) is 0 Å². The topological polar surface area (TPSA) is 81.4 Å². The monoisotopic (exact) mass is 288 g/mol. The summed E-state index contributed by atoms with van der Waals surface area (Å²) in [5, 5.41) is 2.37. The van der Waals surface area contributed by atoms with Gasteiger partial charge in [-0.15, -0.1) is 0 Å². The second kappa shape index (κ2) is 5.76. The van der Waals surface area contributed by atoms with Crippen LogP contribution in [0, 0.1) is 5.92 Å². The molecule has 1 aliphatic carbocycles. The second-order valence-electron chi connectivity index (χ2n) is 5.91. The van der Waals surface area contributed by atoms with Gasteiger partial charge in [-0.1, -0.05) is 12.5 Å². The Labute approximate surface area is 123 Å². The molecular weight excluding hydrogens is 268 g/mol. The van der Waals surface area contributed by atoms with E-state index in [4.69, 9.17) is 10.5 Å². The van der Waals surface area contributed by atoms with E-state index in [9.17, 15) is 9.59 Å². The highest BCUT2D eigenvalue weighted by Crippen LogP contribution is 2.32. The average molecular weight is 288 g/mol. The van der Waals surface area contributed by atoms with Gasteiger partial charge in [-0.2, -0.15) is 0 Å². The summed E-state index contributed by atoms with van der Waals surface area (Å²) in [6, 6.07) is 5.48. The van der Waals surface area contributed by atoms with E-state index >= 15 is 0 Å². The Bertz CT molecular complexity index is 567. The predicted molar refractivity (Wildman–Crippen MR) is 78.8 cm³/mol. The standard InChI is InChI=1S/C16H20N2O3/c17-13-8-11(12-5-7-15(19)18-16(12)20)4-6-14(13)21-9-10-2-1-3-10/h4,6,8,10,12H,1-3,5,7,9,17H2,(H,18,19,20). The molecule has 1 aromatic rings. The van der Waals surface area contributed by atoms with Gasteiger partial charge in [0.2, 0.25) is 11.8 Å². The lowest BCUT2D eigenvalue weighted by atomic mass is 9.86. The summed E-state index contributed by atoms with van der Waals surface area (Å²) in [5.41, 5.74) is 7.42. The van der Waals surface area contributed by atoms with Crippen molar-refractivity contribution in [3.63, 3.8) is 0 Å². The van der Waals surface area contributed by atoms with Crippen LogP contribution in [0.2, 0.25) is 0 Å². The quantitative estimate of drug-likeness (QED) is 0.655. The van der Waals surface area contributed by atoms with Gasteiger partial charge in [0.05, 0.1) is 18.2 Å². The molecule has 2 aliphatic rings. The molecule has 1 saturated carbocycles. The molecule has 1 atom stereocenters. The summed E-state index contributed by atoms with van der Waals surface area (Å²) in [4.78, 5) is 23.0. The third kappa shape index (κ3) is 3.01. The van der Waals surface area contributed by atoms with Gasteiger partial charge in [-0.3, -0.25) is 14.9 Å². The van der Waals surface area contributed by atoms with E-state index in [2.05, 4.69) is 5.32 Å². The van der Waals surface area contributed by atoms with E-state index in [1.165, 1.54) is 19.3 Å². The number of hydrogen-bond donors (Lipinski definition) is 2. The molecule has 3 rings (SSSR count). The van der Waals surface area contributed by atoms with Crippen molar-refractivity contribution in [3.8, 4) is 5.75 Å². The van der Waals surface area contributed by atoms with Crippen LogP contribution in [-0.2, 0) is 9.59 Å². The fourth-order valence-corrected chi connectivity index (χ4v) is 2.79. The number of piperidine rings is 1. The molecule has 1 aliphatic heterocycles. The number of nitrogen functional groups attached to an aromatic ring is 1. The maximum absolute atomic E-state index is 11.9.